The van der Waals surface area contributed by atoms with E-state index in [0.717, 1.165) is 0 Å². The highest BCUT2D eigenvalue weighted by atomic mass is 32.2. The van der Waals surface area contributed by atoms with Crippen LogP contribution in [0.5, 0.6) is 0 Å². The molecule has 7 heteroatoms. The molecule has 6 nitrogen and oxygen atoms in total. The lowest BCUT2D eigenvalue weighted by molar-refractivity contribution is 0.0565. The van der Waals surface area contributed by atoms with E-state index >= 15 is 0 Å². The van der Waals surface area contributed by atoms with Crippen LogP contribution in [-0.4, -0.2) is 21.5 Å². The molecular weight excluding hydrogens is 330 g/mol. The first-order chi connectivity index (χ1) is 11.5. The molecule has 0 unspecified atom stereocenters. The highest BCUT2D eigenvalue weighted by Gasteiger charge is 2.15. The maximum atomic E-state index is 12.5. The van der Waals surface area contributed by atoms with E-state index in [4.69, 9.17) is 4.42 Å². The van der Waals surface area contributed by atoms with E-state index in [1.165, 1.54) is 25.3 Å². The first kappa shape index (κ1) is 15.9. The Labute approximate surface area is 138 Å². The summed E-state index contributed by atoms with van der Waals surface area (Å²) in [5.74, 6) is -0.840. The fourth-order valence-corrected chi connectivity index (χ4v) is 3.18. The van der Waals surface area contributed by atoms with E-state index in [-0.39, 0.29) is 16.0 Å². The average molecular weight is 343 g/mol. The van der Waals surface area contributed by atoms with Crippen LogP contribution in [0.4, 0.5) is 0 Å². The molecule has 0 fully saturated rings. The minimum Gasteiger partial charge on any atom is -0.463 e. The van der Waals surface area contributed by atoms with Gasteiger partial charge in [0, 0.05) is 11.5 Å². The molecule has 0 saturated heterocycles. The fraction of sp³-hybridized carbons (Fsp3) is 0.0588. The van der Waals surface area contributed by atoms with Crippen molar-refractivity contribution in [3.8, 4) is 0 Å². The summed E-state index contributed by atoms with van der Waals surface area (Å²) in [6, 6.07) is 15.8. The van der Waals surface area contributed by atoms with Crippen LogP contribution in [0.3, 0.4) is 0 Å². The third-order valence-electron chi connectivity index (χ3n) is 3.30. The number of carbonyl (C=O) groups excluding carboxylic acids is 1. The molecule has 0 aliphatic heterocycles. The van der Waals surface area contributed by atoms with Gasteiger partial charge in [-0.2, -0.15) is 12.8 Å². The van der Waals surface area contributed by atoms with Crippen LogP contribution < -0.4 is 5.36 Å². The maximum Gasteiger partial charge on any atom is 0.374 e. The molecule has 3 aromatic rings. The Hall–Kier alpha value is -2.93. The molecule has 3 rings (SSSR count). The molecule has 0 N–H and O–H groups in total. The zero-order valence-electron chi connectivity index (χ0n) is 12.7. The van der Waals surface area contributed by atoms with Gasteiger partial charge in [-0.05, 0) is 24.3 Å². The van der Waals surface area contributed by atoms with Crippen molar-refractivity contribution in [3.63, 3.8) is 0 Å². The molecule has 0 spiro atoms. The molecule has 0 atom stereocenters. The van der Waals surface area contributed by atoms with Gasteiger partial charge in [0.15, 0.2) is 0 Å². The number of fused-ring (bicyclic) bond motifs is 1. The van der Waals surface area contributed by atoms with Crippen LogP contribution in [0.15, 0.2) is 74.4 Å². The molecule has 0 aliphatic rings. The Bertz CT molecular complexity index is 1070. The van der Waals surface area contributed by atoms with E-state index < -0.39 is 16.0 Å². The number of methoxy groups -OCH3 is 1. The van der Waals surface area contributed by atoms with Gasteiger partial charge in [-0.3, -0.25) is 0 Å². The van der Waals surface area contributed by atoms with E-state index in [2.05, 4.69) is 9.13 Å². The van der Waals surface area contributed by atoms with Gasteiger partial charge in [0.25, 0.3) is 10.0 Å². The minimum absolute atomic E-state index is 0.0643. The molecule has 0 amide bonds. The van der Waals surface area contributed by atoms with Crippen molar-refractivity contribution in [1.29, 1.82) is 0 Å². The summed E-state index contributed by atoms with van der Waals surface area (Å²) in [6.07, 6.45) is 0. The fourth-order valence-electron chi connectivity index (χ4n) is 2.17. The summed E-state index contributed by atoms with van der Waals surface area (Å²) in [7, 11) is -2.71. The van der Waals surface area contributed by atoms with Crippen molar-refractivity contribution < 1.29 is 22.4 Å². The number of para-hydroxylation sites is 1. The van der Waals surface area contributed by atoms with Gasteiger partial charge in [0.1, 0.15) is 5.58 Å². The van der Waals surface area contributed by atoms with Gasteiger partial charge in [0.05, 0.1) is 17.4 Å². The number of carbonyl (C=O) groups is 1. The largest absolute Gasteiger partial charge is 0.463 e. The van der Waals surface area contributed by atoms with Gasteiger partial charge < -0.3 is 9.15 Å². The number of ether oxygens (including phenoxy) is 1. The Morgan fingerprint density at radius 1 is 1.04 bits per heavy atom. The van der Waals surface area contributed by atoms with Gasteiger partial charge in [-0.25, -0.2) is 4.79 Å². The Balaban J connectivity index is 2.30. The molecule has 0 bridgehead atoms. The third-order valence-corrected chi connectivity index (χ3v) is 4.60. The van der Waals surface area contributed by atoms with Gasteiger partial charge in [-0.1, -0.05) is 30.3 Å². The van der Waals surface area contributed by atoms with Crippen LogP contribution in [0.1, 0.15) is 10.6 Å². The van der Waals surface area contributed by atoms with Crippen LogP contribution in [0, 0.1) is 0 Å². The Morgan fingerprint density at radius 2 is 1.71 bits per heavy atom. The van der Waals surface area contributed by atoms with E-state index in [1.54, 1.807) is 42.5 Å². The summed E-state index contributed by atoms with van der Waals surface area (Å²) >= 11 is 0. The van der Waals surface area contributed by atoms with Gasteiger partial charge >= 0.3 is 5.97 Å². The van der Waals surface area contributed by atoms with E-state index in [1.807, 2.05) is 0 Å². The smallest absolute Gasteiger partial charge is 0.374 e. The number of esters is 1. The number of sulfonamides is 1. The monoisotopic (exact) mass is 343 g/mol. The summed E-state index contributed by atoms with van der Waals surface area (Å²) < 4.78 is 38.9. The molecule has 24 heavy (non-hydrogen) atoms. The third kappa shape index (κ3) is 3.07. The molecule has 0 saturated carbocycles. The van der Waals surface area contributed by atoms with E-state index in [9.17, 15) is 13.2 Å². The van der Waals surface area contributed by atoms with Gasteiger partial charge in [0.2, 0.25) is 5.76 Å². The number of rotatable bonds is 3. The van der Waals surface area contributed by atoms with Crippen LogP contribution in [0.25, 0.3) is 11.0 Å². The molecule has 122 valence electrons. The van der Waals surface area contributed by atoms with Crippen molar-refractivity contribution in [3.05, 3.63) is 71.8 Å². The molecule has 1 heterocycles. The predicted molar refractivity (Wildman–Crippen MR) is 86.7 cm³/mol. The summed E-state index contributed by atoms with van der Waals surface area (Å²) in [5.41, 5.74) is 0.336. The van der Waals surface area contributed by atoms with Crippen molar-refractivity contribution in [2.75, 3.05) is 7.11 Å². The van der Waals surface area contributed by atoms with E-state index in [0.29, 0.717) is 11.0 Å². The Kier molecular flexibility index (Phi) is 4.18. The highest BCUT2D eigenvalue weighted by molar-refractivity contribution is 7.90. The lowest BCUT2D eigenvalue weighted by Crippen LogP contribution is -2.12. The second kappa shape index (κ2) is 6.29. The first-order valence-corrected chi connectivity index (χ1v) is 8.42. The lowest BCUT2D eigenvalue weighted by atomic mass is 10.2. The molecular formula is C17H13NO5S. The second-order valence-electron chi connectivity index (χ2n) is 4.86. The number of benzene rings is 2. The first-order valence-electron chi connectivity index (χ1n) is 6.98. The van der Waals surface area contributed by atoms with Crippen molar-refractivity contribution in [1.82, 2.24) is 0 Å². The SMILES string of the molecule is COC(=O)c1c/c(=N\S(=O)(=O)c2ccccc2)c2ccccc2o1. The highest BCUT2D eigenvalue weighted by Crippen LogP contribution is 2.15. The van der Waals surface area contributed by atoms with Crippen molar-refractivity contribution in [2.24, 2.45) is 4.40 Å². The average Bonchev–Trinajstić information content (AvgIpc) is 2.61. The standard InChI is InChI=1S/C17H13NO5S/c1-22-17(19)16-11-14(13-9-5-6-10-15(13)23-16)18-24(20,21)12-7-3-2-4-8-12/h2-11H,1H3/b18-14+. The zero-order valence-corrected chi connectivity index (χ0v) is 13.5. The van der Waals surface area contributed by atoms with Crippen LogP contribution >= 0.6 is 0 Å². The number of hydrogen-bond donors (Lipinski definition) is 0. The summed E-state index contributed by atoms with van der Waals surface area (Å²) in [4.78, 5) is 11.8. The Morgan fingerprint density at radius 3 is 2.42 bits per heavy atom. The predicted octanol–water partition coefficient (Wildman–Crippen LogP) is 2.51. The zero-order chi connectivity index (χ0) is 17.2. The number of nitrogens with zero attached hydrogens (tertiary/aromatic N) is 1. The van der Waals surface area contributed by atoms with Gasteiger partial charge in [-0.15, -0.1) is 0 Å². The second-order valence-corrected chi connectivity index (χ2v) is 6.47. The molecule has 1 aromatic heterocycles. The quantitative estimate of drug-likeness (QED) is 0.682. The lowest BCUT2D eigenvalue weighted by Gasteiger charge is -2.03. The summed E-state index contributed by atoms with van der Waals surface area (Å²) in [5, 5.41) is 0.589. The minimum atomic E-state index is -3.92. The van der Waals surface area contributed by atoms with Crippen molar-refractivity contribution in [2.45, 2.75) is 4.90 Å². The van der Waals surface area contributed by atoms with Crippen molar-refractivity contribution >= 4 is 27.0 Å². The molecule has 0 radical (unpaired) electrons. The van der Waals surface area contributed by atoms with Crippen LogP contribution in [0.2, 0.25) is 0 Å². The normalized spacial score (nSPS) is 12.3. The summed E-state index contributed by atoms with van der Waals surface area (Å²) in [6.45, 7) is 0. The maximum absolute atomic E-state index is 12.5. The number of hydrogen-bond acceptors (Lipinski definition) is 5. The molecule has 0 aliphatic carbocycles. The topological polar surface area (TPSA) is 85.9 Å². The van der Waals surface area contributed by atoms with Crippen LogP contribution in [-0.2, 0) is 14.8 Å². The molecule has 2 aromatic carbocycles.